The topological polar surface area (TPSA) is 44.1 Å². The molecular formula is C9H13ClN2O. The van der Waals surface area contributed by atoms with E-state index in [9.17, 15) is 4.79 Å². The lowest BCUT2D eigenvalue weighted by Gasteiger charge is -2.32. The maximum absolute atomic E-state index is 11.4. The Morgan fingerprint density at radius 2 is 2.23 bits per heavy atom. The standard InChI is InChI=1S/C9H13ClN2O/c1-9(2,6-11)12(7-3-4-7)8(13)5-10/h7H,3-5H2,1-2H3. The molecule has 0 spiro atoms. The number of halogens is 1. The summed E-state index contributed by atoms with van der Waals surface area (Å²) in [5.74, 6) is -0.183. The molecule has 13 heavy (non-hydrogen) atoms. The SMILES string of the molecule is CC(C)(C#N)N(C(=O)CCl)C1CC1. The predicted molar refractivity (Wildman–Crippen MR) is 50.3 cm³/mol. The van der Waals surface area contributed by atoms with Crippen LogP contribution in [0.1, 0.15) is 26.7 Å². The molecule has 1 rings (SSSR count). The summed E-state index contributed by atoms with van der Waals surface area (Å²) in [6, 6.07) is 2.36. The van der Waals surface area contributed by atoms with E-state index in [1.165, 1.54) is 0 Å². The summed E-state index contributed by atoms with van der Waals surface area (Å²) in [6.45, 7) is 3.49. The van der Waals surface area contributed by atoms with Gasteiger partial charge in [0.2, 0.25) is 5.91 Å². The van der Waals surface area contributed by atoms with E-state index in [-0.39, 0.29) is 17.8 Å². The highest BCUT2D eigenvalue weighted by Gasteiger charge is 2.41. The Hall–Kier alpha value is -0.750. The van der Waals surface area contributed by atoms with Gasteiger partial charge in [-0.25, -0.2) is 0 Å². The third kappa shape index (κ3) is 2.13. The maximum Gasteiger partial charge on any atom is 0.239 e. The van der Waals surface area contributed by atoms with Crippen molar-refractivity contribution >= 4 is 17.5 Å². The first kappa shape index (κ1) is 10.3. The molecule has 0 aromatic heterocycles. The fourth-order valence-corrected chi connectivity index (χ4v) is 1.55. The van der Waals surface area contributed by atoms with Gasteiger partial charge in [-0.15, -0.1) is 11.6 Å². The summed E-state index contributed by atoms with van der Waals surface area (Å²) in [6.07, 6.45) is 1.99. The molecule has 3 nitrogen and oxygen atoms in total. The highest BCUT2D eigenvalue weighted by molar-refractivity contribution is 6.27. The molecule has 72 valence electrons. The Kier molecular flexibility index (Phi) is 2.82. The molecule has 1 fully saturated rings. The number of nitrogens with zero attached hydrogens (tertiary/aromatic N) is 2. The van der Waals surface area contributed by atoms with Crippen LogP contribution in [0.15, 0.2) is 0 Å². The van der Waals surface area contributed by atoms with Gasteiger partial charge in [-0.2, -0.15) is 5.26 Å². The molecule has 0 atom stereocenters. The fourth-order valence-electron chi connectivity index (χ4n) is 1.42. The van der Waals surface area contributed by atoms with E-state index < -0.39 is 5.54 Å². The summed E-state index contributed by atoms with van der Waals surface area (Å²) in [4.78, 5) is 13.1. The minimum Gasteiger partial charge on any atom is -0.321 e. The summed E-state index contributed by atoms with van der Waals surface area (Å²) in [5, 5.41) is 8.90. The lowest BCUT2D eigenvalue weighted by molar-refractivity contribution is -0.132. The van der Waals surface area contributed by atoms with Crippen molar-refractivity contribution in [1.29, 1.82) is 5.26 Å². The summed E-state index contributed by atoms with van der Waals surface area (Å²) in [5.41, 5.74) is -0.729. The van der Waals surface area contributed by atoms with E-state index in [0.717, 1.165) is 12.8 Å². The van der Waals surface area contributed by atoms with E-state index in [4.69, 9.17) is 16.9 Å². The van der Waals surface area contributed by atoms with Crippen LogP contribution < -0.4 is 0 Å². The number of rotatable bonds is 3. The molecule has 0 N–H and O–H groups in total. The molecule has 0 aromatic carbocycles. The zero-order chi connectivity index (χ0) is 10.1. The highest BCUT2D eigenvalue weighted by atomic mass is 35.5. The van der Waals surface area contributed by atoms with Gasteiger partial charge in [-0.05, 0) is 26.7 Å². The molecule has 0 radical (unpaired) electrons. The molecule has 1 aliphatic rings. The number of nitriles is 1. The lowest BCUT2D eigenvalue weighted by atomic mass is 10.1. The van der Waals surface area contributed by atoms with Crippen molar-refractivity contribution in [3.63, 3.8) is 0 Å². The first-order valence-electron chi connectivity index (χ1n) is 4.32. The molecule has 1 amide bonds. The zero-order valence-corrected chi connectivity index (χ0v) is 8.64. The fraction of sp³-hybridized carbons (Fsp3) is 0.778. The van der Waals surface area contributed by atoms with Crippen LogP contribution in [0.4, 0.5) is 0 Å². The number of hydrogen-bond donors (Lipinski definition) is 0. The van der Waals surface area contributed by atoms with Crippen molar-refractivity contribution in [1.82, 2.24) is 4.90 Å². The average molecular weight is 201 g/mol. The molecule has 0 saturated heterocycles. The van der Waals surface area contributed by atoms with E-state index in [0.29, 0.717) is 0 Å². The number of carbonyl (C=O) groups is 1. The Balaban J connectivity index is 2.79. The summed E-state index contributed by atoms with van der Waals surface area (Å²) < 4.78 is 0. The van der Waals surface area contributed by atoms with Crippen molar-refractivity contribution in [3.05, 3.63) is 0 Å². The number of hydrogen-bond acceptors (Lipinski definition) is 2. The Labute approximate surface area is 83.3 Å². The third-order valence-corrected chi connectivity index (χ3v) is 2.40. The molecule has 1 saturated carbocycles. The van der Waals surface area contributed by atoms with Crippen LogP contribution in [0, 0.1) is 11.3 Å². The lowest BCUT2D eigenvalue weighted by Crippen LogP contribution is -2.48. The van der Waals surface area contributed by atoms with Crippen LogP contribution in [-0.4, -0.2) is 28.3 Å². The molecular weight excluding hydrogens is 188 g/mol. The minimum atomic E-state index is -0.729. The van der Waals surface area contributed by atoms with Gasteiger partial charge in [0, 0.05) is 6.04 Å². The Morgan fingerprint density at radius 1 is 1.69 bits per heavy atom. The van der Waals surface area contributed by atoms with E-state index in [1.54, 1.807) is 18.7 Å². The van der Waals surface area contributed by atoms with Crippen LogP contribution in [0.3, 0.4) is 0 Å². The van der Waals surface area contributed by atoms with Gasteiger partial charge < -0.3 is 4.90 Å². The zero-order valence-electron chi connectivity index (χ0n) is 7.88. The third-order valence-electron chi connectivity index (χ3n) is 2.17. The molecule has 4 heteroatoms. The maximum atomic E-state index is 11.4. The van der Waals surface area contributed by atoms with Gasteiger partial charge in [-0.3, -0.25) is 4.79 Å². The van der Waals surface area contributed by atoms with Crippen molar-refractivity contribution in [2.24, 2.45) is 0 Å². The van der Waals surface area contributed by atoms with E-state index in [1.807, 2.05) is 0 Å². The molecule has 0 unspecified atom stereocenters. The van der Waals surface area contributed by atoms with E-state index in [2.05, 4.69) is 6.07 Å². The van der Waals surface area contributed by atoms with Crippen molar-refractivity contribution in [2.75, 3.05) is 5.88 Å². The van der Waals surface area contributed by atoms with E-state index >= 15 is 0 Å². The monoisotopic (exact) mass is 200 g/mol. The van der Waals surface area contributed by atoms with Gasteiger partial charge in [0.1, 0.15) is 11.4 Å². The summed E-state index contributed by atoms with van der Waals surface area (Å²) >= 11 is 5.48. The number of amides is 1. The van der Waals surface area contributed by atoms with Crippen molar-refractivity contribution in [3.8, 4) is 6.07 Å². The highest BCUT2D eigenvalue weighted by Crippen LogP contribution is 2.32. The largest absolute Gasteiger partial charge is 0.321 e. The first-order chi connectivity index (χ1) is 6.03. The molecule has 1 aliphatic carbocycles. The van der Waals surface area contributed by atoms with Crippen molar-refractivity contribution < 1.29 is 4.79 Å². The van der Waals surface area contributed by atoms with Crippen LogP contribution >= 0.6 is 11.6 Å². The van der Waals surface area contributed by atoms with Gasteiger partial charge >= 0.3 is 0 Å². The van der Waals surface area contributed by atoms with Crippen LogP contribution in [0.2, 0.25) is 0 Å². The van der Waals surface area contributed by atoms with Gasteiger partial charge in [0.15, 0.2) is 0 Å². The Bertz CT molecular complexity index is 253. The van der Waals surface area contributed by atoms with Crippen LogP contribution in [-0.2, 0) is 4.79 Å². The minimum absolute atomic E-state index is 0.0401. The van der Waals surface area contributed by atoms with Gasteiger partial charge in [0.05, 0.1) is 6.07 Å². The predicted octanol–water partition coefficient (Wildman–Crippen LogP) is 1.52. The molecule has 0 aromatic rings. The smallest absolute Gasteiger partial charge is 0.239 e. The molecule has 0 aliphatic heterocycles. The normalized spacial score (nSPS) is 16.5. The quantitative estimate of drug-likeness (QED) is 0.649. The first-order valence-corrected chi connectivity index (χ1v) is 4.85. The van der Waals surface area contributed by atoms with Crippen molar-refractivity contribution in [2.45, 2.75) is 38.3 Å². The number of carbonyl (C=O) groups excluding carboxylic acids is 1. The molecule has 0 bridgehead atoms. The second-order valence-electron chi connectivity index (χ2n) is 3.80. The van der Waals surface area contributed by atoms with Gasteiger partial charge in [-0.1, -0.05) is 0 Å². The second-order valence-corrected chi connectivity index (χ2v) is 4.07. The summed E-state index contributed by atoms with van der Waals surface area (Å²) in [7, 11) is 0. The molecule has 0 heterocycles. The Morgan fingerprint density at radius 3 is 2.54 bits per heavy atom. The van der Waals surface area contributed by atoms with Crippen LogP contribution in [0.25, 0.3) is 0 Å². The second kappa shape index (κ2) is 3.55. The van der Waals surface area contributed by atoms with Crippen LogP contribution in [0.5, 0.6) is 0 Å². The number of alkyl halides is 1. The van der Waals surface area contributed by atoms with Gasteiger partial charge in [0.25, 0.3) is 0 Å². The average Bonchev–Trinajstić information content (AvgIpc) is 2.88.